The number of Topliss-reactive ketones (excluding diaryl/α,β-unsaturated/α-hetero) is 1. The smallest absolute Gasteiger partial charge is 0.224 e. The summed E-state index contributed by atoms with van der Waals surface area (Å²) in [5.41, 5.74) is 0. The van der Waals surface area contributed by atoms with Gasteiger partial charge in [-0.15, -0.1) is 0 Å². The Kier molecular flexibility index (Phi) is 3.67. The Morgan fingerprint density at radius 1 is 1.25 bits per heavy atom. The Bertz CT molecular complexity index is 487. The molecule has 1 aliphatic carbocycles. The Morgan fingerprint density at radius 3 is 2.60 bits per heavy atom. The average molecular weight is 273 g/mol. The molecular formula is C15H19N3O2. The molecule has 0 unspecified atom stereocenters. The summed E-state index contributed by atoms with van der Waals surface area (Å²) in [6, 6.07) is 6.15. The molecule has 20 heavy (non-hydrogen) atoms. The first-order chi connectivity index (χ1) is 9.72. The Hall–Kier alpha value is -1.91. The quantitative estimate of drug-likeness (QED) is 0.897. The lowest BCUT2D eigenvalue weighted by Crippen LogP contribution is -2.48. The van der Waals surface area contributed by atoms with E-state index in [2.05, 4.69) is 15.2 Å². The van der Waals surface area contributed by atoms with Crippen LogP contribution in [0.15, 0.2) is 24.4 Å². The van der Waals surface area contributed by atoms with E-state index in [-0.39, 0.29) is 23.7 Å². The fourth-order valence-electron chi connectivity index (χ4n) is 2.79. The number of nitrogens with zero attached hydrogens (tertiary/aromatic N) is 2. The Morgan fingerprint density at radius 2 is 2.00 bits per heavy atom. The third kappa shape index (κ3) is 2.81. The molecule has 2 aliphatic rings. The summed E-state index contributed by atoms with van der Waals surface area (Å²) in [6.45, 7) is 1.82. The molecule has 5 nitrogen and oxygen atoms in total. The van der Waals surface area contributed by atoms with E-state index in [1.165, 1.54) is 0 Å². The number of amides is 1. The summed E-state index contributed by atoms with van der Waals surface area (Å²) in [6.07, 6.45) is 4.53. The number of carbonyl (C=O) groups excluding carboxylic acids is 2. The molecule has 0 bridgehead atoms. The van der Waals surface area contributed by atoms with Crippen LogP contribution >= 0.6 is 0 Å². The molecule has 1 amide bonds. The second-order valence-electron chi connectivity index (χ2n) is 5.60. The number of anilines is 1. The molecule has 106 valence electrons. The van der Waals surface area contributed by atoms with E-state index in [1.54, 1.807) is 6.20 Å². The van der Waals surface area contributed by atoms with E-state index < -0.39 is 0 Å². The van der Waals surface area contributed by atoms with E-state index in [9.17, 15) is 9.59 Å². The van der Waals surface area contributed by atoms with Crippen LogP contribution in [0.5, 0.6) is 0 Å². The zero-order valence-electron chi connectivity index (χ0n) is 11.4. The first-order valence-corrected chi connectivity index (χ1v) is 7.20. The monoisotopic (exact) mass is 273 g/mol. The van der Waals surface area contributed by atoms with Gasteiger partial charge in [-0.3, -0.25) is 9.59 Å². The van der Waals surface area contributed by atoms with Crippen molar-refractivity contribution in [3.05, 3.63) is 24.4 Å². The zero-order valence-corrected chi connectivity index (χ0v) is 11.4. The Labute approximate surface area is 118 Å². The number of pyridine rings is 1. The summed E-state index contributed by atoms with van der Waals surface area (Å²) in [7, 11) is 0. The lowest BCUT2D eigenvalue weighted by Gasteiger charge is -2.34. The van der Waals surface area contributed by atoms with Crippen molar-refractivity contribution in [3.8, 4) is 0 Å². The molecule has 0 radical (unpaired) electrons. The van der Waals surface area contributed by atoms with Crippen LogP contribution in [0, 0.1) is 5.92 Å². The molecule has 1 aromatic heterocycles. The van der Waals surface area contributed by atoms with Gasteiger partial charge >= 0.3 is 0 Å². The highest BCUT2D eigenvalue weighted by atomic mass is 16.2. The van der Waals surface area contributed by atoms with E-state index in [0.717, 1.165) is 31.7 Å². The van der Waals surface area contributed by atoms with Crippen LogP contribution in [0.25, 0.3) is 0 Å². The molecule has 1 saturated carbocycles. The molecular weight excluding hydrogens is 254 g/mol. The van der Waals surface area contributed by atoms with Gasteiger partial charge in [0.2, 0.25) is 5.91 Å². The summed E-state index contributed by atoms with van der Waals surface area (Å²) in [4.78, 5) is 29.4. The minimum absolute atomic E-state index is 0.0564. The number of aromatic nitrogens is 1. The predicted molar refractivity (Wildman–Crippen MR) is 75.3 cm³/mol. The standard InChI is InChI=1S/C15H19N3O2/c19-13-9-11(10-13)15(20)17-12-4-7-18(8-5-12)14-3-1-2-6-16-14/h1-3,6,11-12H,4-5,7-10H2,(H,17,20). The van der Waals surface area contributed by atoms with Gasteiger partial charge < -0.3 is 10.2 Å². The minimum atomic E-state index is -0.0729. The molecule has 1 aliphatic heterocycles. The summed E-state index contributed by atoms with van der Waals surface area (Å²) in [5.74, 6) is 1.19. The van der Waals surface area contributed by atoms with Crippen LogP contribution in [-0.2, 0) is 9.59 Å². The second-order valence-corrected chi connectivity index (χ2v) is 5.60. The normalized spacial score (nSPS) is 20.6. The van der Waals surface area contributed by atoms with Crippen LogP contribution in [-0.4, -0.2) is 35.8 Å². The van der Waals surface area contributed by atoms with Crippen molar-refractivity contribution in [1.29, 1.82) is 0 Å². The highest BCUT2D eigenvalue weighted by Crippen LogP contribution is 2.24. The van der Waals surface area contributed by atoms with E-state index in [1.807, 2.05) is 18.2 Å². The Balaban J connectivity index is 1.47. The van der Waals surface area contributed by atoms with Gasteiger partial charge in [-0.05, 0) is 25.0 Å². The highest BCUT2D eigenvalue weighted by molar-refractivity contribution is 5.96. The molecule has 5 heteroatoms. The largest absolute Gasteiger partial charge is 0.356 e. The molecule has 0 atom stereocenters. The van der Waals surface area contributed by atoms with Crippen molar-refractivity contribution in [2.24, 2.45) is 5.92 Å². The molecule has 2 fully saturated rings. The summed E-state index contributed by atoms with van der Waals surface area (Å²) < 4.78 is 0. The highest BCUT2D eigenvalue weighted by Gasteiger charge is 2.34. The molecule has 0 aromatic carbocycles. The summed E-state index contributed by atoms with van der Waals surface area (Å²) in [5, 5.41) is 3.08. The van der Waals surface area contributed by atoms with Gasteiger partial charge in [0, 0.05) is 38.2 Å². The van der Waals surface area contributed by atoms with Crippen molar-refractivity contribution in [2.75, 3.05) is 18.0 Å². The maximum absolute atomic E-state index is 11.9. The van der Waals surface area contributed by atoms with Crippen molar-refractivity contribution in [3.63, 3.8) is 0 Å². The first kappa shape index (κ1) is 13.1. The molecule has 0 spiro atoms. The van der Waals surface area contributed by atoms with Gasteiger partial charge in [0.25, 0.3) is 0 Å². The van der Waals surface area contributed by atoms with Crippen molar-refractivity contribution < 1.29 is 9.59 Å². The van der Waals surface area contributed by atoms with E-state index >= 15 is 0 Å². The van der Waals surface area contributed by atoms with Crippen molar-refractivity contribution in [1.82, 2.24) is 10.3 Å². The fourth-order valence-corrected chi connectivity index (χ4v) is 2.79. The zero-order chi connectivity index (χ0) is 13.9. The average Bonchev–Trinajstić information content (AvgIpc) is 2.45. The van der Waals surface area contributed by atoms with Crippen molar-refractivity contribution >= 4 is 17.5 Å². The third-order valence-corrected chi connectivity index (χ3v) is 4.13. The molecule has 1 saturated heterocycles. The molecule has 3 rings (SSSR count). The van der Waals surface area contributed by atoms with E-state index in [0.29, 0.717) is 12.8 Å². The number of piperidine rings is 1. The number of hydrogen-bond acceptors (Lipinski definition) is 4. The number of carbonyl (C=O) groups is 2. The van der Waals surface area contributed by atoms with Gasteiger partial charge in [-0.2, -0.15) is 0 Å². The molecule has 2 heterocycles. The maximum Gasteiger partial charge on any atom is 0.224 e. The summed E-state index contributed by atoms with van der Waals surface area (Å²) >= 11 is 0. The molecule has 1 N–H and O–H groups in total. The lowest BCUT2D eigenvalue weighted by molar-refractivity contribution is -0.138. The van der Waals surface area contributed by atoms with Gasteiger partial charge in [0.1, 0.15) is 11.6 Å². The maximum atomic E-state index is 11.9. The fraction of sp³-hybridized carbons (Fsp3) is 0.533. The van der Waals surface area contributed by atoms with E-state index in [4.69, 9.17) is 0 Å². The van der Waals surface area contributed by atoms with Crippen LogP contribution in [0.1, 0.15) is 25.7 Å². The van der Waals surface area contributed by atoms with Gasteiger partial charge in [-0.25, -0.2) is 4.98 Å². The second kappa shape index (κ2) is 5.61. The van der Waals surface area contributed by atoms with Crippen LogP contribution in [0.3, 0.4) is 0 Å². The minimum Gasteiger partial charge on any atom is -0.356 e. The van der Waals surface area contributed by atoms with Gasteiger partial charge in [-0.1, -0.05) is 6.07 Å². The SMILES string of the molecule is O=C1CC(C(=O)NC2CCN(c3ccccn3)CC2)C1. The number of hydrogen-bond donors (Lipinski definition) is 1. The number of nitrogens with one attached hydrogen (secondary N) is 1. The van der Waals surface area contributed by atoms with Crippen LogP contribution < -0.4 is 10.2 Å². The van der Waals surface area contributed by atoms with Gasteiger partial charge in [0.15, 0.2) is 0 Å². The van der Waals surface area contributed by atoms with Crippen LogP contribution in [0.2, 0.25) is 0 Å². The predicted octanol–water partition coefficient (Wildman–Crippen LogP) is 1.15. The number of rotatable bonds is 3. The van der Waals surface area contributed by atoms with Crippen LogP contribution in [0.4, 0.5) is 5.82 Å². The molecule has 1 aromatic rings. The number of ketones is 1. The first-order valence-electron chi connectivity index (χ1n) is 7.20. The lowest BCUT2D eigenvalue weighted by atomic mass is 9.83. The topological polar surface area (TPSA) is 62.3 Å². The van der Waals surface area contributed by atoms with Gasteiger partial charge in [0.05, 0.1) is 5.92 Å². The third-order valence-electron chi connectivity index (χ3n) is 4.13. The van der Waals surface area contributed by atoms with Crippen molar-refractivity contribution in [2.45, 2.75) is 31.7 Å².